The van der Waals surface area contributed by atoms with Crippen LogP contribution in [0.25, 0.3) is 0 Å². The van der Waals surface area contributed by atoms with Gasteiger partial charge in [-0.05, 0) is 79.8 Å². The van der Waals surface area contributed by atoms with E-state index in [0.717, 1.165) is 29.9 Å². The molecule has 0 radical (unpaired) electrons. The van der Waals surface area contributed by atoms with Crippen molar-refractivity contribution >= 4 is 0 Å². The van der Waals surface area contributed by atoms with Gasteiger partial charge in [-0.2, -0.15) is 0 Å². The molecule has 3 aliphatic rings. The van der Waals surface area contributed by atoms with E-state index in [1.807, 2.05) is 0 Å². The number of hydrogen-bond acceptors (Lipinski definition) is 1. The Hall–Kier alpha value is -1.50. The Bertz CT molecular complexity index is 704. The summed E-state index contributed by atoms with van der Waals surface area (Å²) in [6, 6.07) is 0.346. The zero-order chi connectivity index (χ0) is 20.6. The first-order valence-corrected chi connectivity index (χ1v) is 11.4. The normalized spacial score (nSPS) is 40.2. The maximum Gasteiger partial charge on any atom is 0.0517 e. The van der Waals surface area contributed by atoms with Gasteiger partial charge in [0.2, 0.25) is 0 Å². The summed E-state index contributed by atoms with van der Waals surface area (Å²) in [7, 11) is 0. The molecule has 0 aromatic carbocycles. The van der Waals surface area contributed by atoms with Gasteiger partial charge in [-0.1, -0.05) is 70.7 Å². The topological polar surface area (TPSA) is 12.0 Å². The van der Waals surface area contributed by atoms with Crippen LogP contribution in [0.3, 0.4) is 0 Å². The molecule has 0 aromatic rings. The fraction of sp³-hybridized carbons (Fsp3) is 0.630. The molecule has 1 heteroatoms. The van der Waals surface area contributed by atoms with Crippen LogP contribution in [0, 0.1) is 41.4 Å². The molecule has 0 bridgehead atoms. The Morgan fingerprint density at radius 2 is 1.93 bits per heavy atom. The number of rotatable bonds is 4. The molecule has 0 amide bonds. The van der Waals surface area contributed by atoms with Crippen molar-refractivity contribution in [1.29, 1.82) is 0 Å². The van der Waals surface area contributed by atoms with Gasteiger partial charge < -0.3 is 5.32 Å². The molecule has 1 nitrogen and oxygen atoms in total. The van der Waals surface area contributed by atoms with Crippen LogP contribution in [0.1, 0.15) is 60.8 Å². The van der Waals surface area contributed by atoms with E-state index in [2.05, 4.69) is 84.3 Å². The smallest absolute Gasteiger partial charge is 0.0517 e. The number of nitrogens with one attached hydrogen (secondary N) is 1. The highest BCUT2D eigenvalue weighted by Crippen LogP contribution is 2.50. The molecule has 7 atom stereocenters. The van der Waals surface area contributed by atoms with Gasteiger partial charge in [0.15, 0.2) is 0 Å². The van der Waals surface area contributed by atoms with Gasteiger partial charge in [0.25, 0.3) is 0 Å². The zero-order valence-corrected chi connectivity index (χ0v) is 19.0. The molecule has 3 rings (SSSR count). The Balaban J connectivity index is 1.98. The van der Waals surface area contributed by atoms with E-state index in [0.29, 0.717) is 29.7 Å². The monoisotopic (exact) mass is 379 g/mol. The van der Waals surface area contributed by atoms with Gasteiger partial charge in [-0.15, -0.1) is 0 Å². The summed E-state index contributed by atoms with van der Waals surface area (Å²) in [5.41, 5.74) is 5.11. The lowest BCUT2D eigenvalue weighted by Gasteiger charge is -2.47. The van der Waals surface area contributed by atoms with Crippen molar-refractivity contribution in [3.8, 4) is 0 Å². The maximum atomic E-state index is 4.49. The van der Waals surface area contributed by atoms with Crippen molar-refractivity contribution in [3.05, 3.63) is 59.9 Å². The number of fused-ring (bicyclic) bond motifs is 1. The Labute approximate surface area is 173 Å². The lowest BCUT2D eigenvalue weighted by molar-refractivity contribution is 0.0943. The Morgan fingerprint density at radius 1 is 1.21 bits per heavy atom. The van der Waals surface area contributed by atoms with Crippen LogP contribution in [0.4, 0.5) is 0 Å². The summed E-state index contributed by atoms with van der Waals surface area (Å²) < 4.78 is 0. The number of allylic oxidation sites excluding steroid dienone is 6. The summed E-state index contributed by atoms with van der Waals surface area (Å²) in [5, 5.41) is 3.63. The molecular weight excluding hydrogens is 338 g/mol. The molecule has 1 heterocycles. The van der Waals surface area contributed by atoms with Crippen molar-refractivity contribution in [1.82, 2.24) is 5.32 Å². The minimum atomic E-state index is 0.346. The van der Waals surface area contributed by atoms with E-state index in [9.17, 15) is 0 Å². The molecule has 154 valence electrons. The fourth-order valence-electron chi connectivity index (χ4n) is 6.13. The highest BCUT2D eigenvalue weighted by Gasteiger charge is 2.43. The van der Waals surface area contributed by atoms with Gasteiger partial charge in [0.1, 0.15) is 0 Å². The average molecular weight is 380 g/mol. The number of hydrogen-bond donors (Lipinski definition) is 1. The average Bonchev–Trinajstić information content (AvgIpc) is 2.87. The van der Waals surface area contributed by atoms with Crippen LogP contribution in [0.15, 0.2) is 59.9 Å². The van der Waals surface area contributed by atoms with Crippen LogP contribution < -0.4 is 5.32 Å². The van der Waals surface area contributed by atoms with Gasteiger partial charge in [-0.25, -0.2) is 0 Å². The quantitative estimate of drug-likeness (QED) is 0.515. The summed E-state index contributed by atoms with van der Waals surface area (Å²) in [5.74, 6) is 4.72. The van der Waals surface area contributed by atoms with Gasteiger partial charge in [-0.3, -0.25) is 0 Å². The lowest BCUT2D eigenvalue weighted by Crippen LogP contribution is -2.40. The first-order valence-electron chi connectivity index (χ1n) is 11.4. The second-order valence-corrected chi connectivity index (χ2v) is 10.2. The largest absolute Gasteiger partial charge is 0.378 e. The predicted octanol–water partition coefficient (Wildman–Crippen LogP) is 7.07. The van der Waals surface area contributed by atoms with E-state index in [1.165, 1.54) is 29.6 Å². The first-order chi connectivity index (χ1) is 13.2. The molecule has 3 unspecified atom stereocenters. The minimum Gasteiger partial charge on any atom is -0.378 e. The Kier molecular flexibility index (Phi) is 6.42. The molecule has 1 saturated heterocycles. The molecule has 28 heavy (non-hydrogen) atoms. The van der Waals surface area contributed by atoms with Crippen molar-refractivity contribution in [3.63, 3.8) is 0 Å². The van der Waals surface area contributed by atoms with Crippen LogP contribution in [-0.4, -0.2) is 6.04 Å². The van der Waals surface area contributed by atoms with E-state index in [4.69, 9.17) is 0 Å². The third-order valence-corrected chi connectivity index (χ3v) is 7.51. The third kappa shape index (κ3) is 4.09. The molecule has 1 aliphatic heterocycles. The molecule has 1 N–H and O–H groups in total. The molecule has 2 aliphatic carbocycles. The van der Waals surface area contributed by atoms with Crippen molar-refractivity contribution in [2.45, 2.75) is 66.8 Å². The van der Waals surface area contributed by atoms with Crippen LogP contribution in [0.2, 0.25) is 0 Å². The van der Waals surface area contributed by atoms with Crippen molar-refractivity contribution in [2.24, 2.45) is 41.4 Å². The van der Waals surface area contributed by atoms with Crippen LogP contribution in [-0.2, 0) is 0 Å². The summed E-state index contributed by atoms with van der Waals surface area (Å²) >= 11 is 0. The summed E-state index contributed by atoms with van der Waals surface area (Å²) in [4.78, 5) is 0. The highest BCUT2D eigenvalue weighted by atomic mass is 15.0. The summed E-state index contributed by atoms with van der Waals surface area (Å²) in [6.45, 7) is 22.8. The van der Waals surface area contributed by atoms with E-state index < -0.39 is 0 Å². The molecular formula is C27H41N. The van der Waals surface area contributed by atoms with E-state index in [1.54, 1.807) is 0 Å². The van der Waals surface area contributed by atoms with Crippen LogP contribution >= 0.6 is 0 Å². The standard InChI is InChI=1S/C27H41N/c1-9-18(5)23-11-10-22-14-17(4)13-19(6)27(22)25(23)15-24-20(7)26(12-16(2)3)28-21(24)8/h9-11,15-17,19,22-23,25-28H,7-8,12-14H2,1-6H3/b18-9+,24-15+/t17-,19+,22?,23?,25-,26-,27?/m1/s1. The highest BCUT2D eigenvalue weighted by molar-refractivity contribution is 5.52. The summed E-state index contributed by atoms with van der Waals surface area (Å²) in [6.07, 6.45) is 13.7. The first kappa shape index (κ1) is 21.2. The molecule has 0 aromatic heterocycles. The second-order valence-electron chi connectivity index (χ2n) is 10.2. The Morgan fingerprint density at radius 3 is 2.57 bits per heavy atom. The molecule has 2 fully saturated rings. The fourth-order valence-corrected chi connectivity index (χ4v) is 6.13. The van der Waals surface area contributed by atoms with E-state index in [-0.39, 0.29) is 0 Å². The van der Waals surface area contributed by atoms with Gasteiger partial charge in [0.05, 0.1) is 6.04 Å². The predicted molar refractivity (Wildman–Crippen MR) is 123 cm³/mol. The van der Waals surface area contributed by atoms with Crippen LogP contribution in [0.5, 0.6) is 0 Å². The lowest BCUT2D eigenvalue weighted by atomic mass is 9.57. The molecule has 1 saturated carbocycles. The zero-order valence-electron chi connectivity index (χ0n) is 19.0. The molecule has 0 spiro atoms. The van der Waals surface area contributed by atoms with Crippen molar-refractivity contribution < 1.29 is 0 Å². The maximum absolute atomic E-state index is 4.49. The van der Waals surface area contributed by atoms with E-state index >= 15 is 0 Å². The van der Waals surface area contributed by atoms with Gasteiger partial charge in [0, 0.05) is 11.6 Å². The SMILES string of the molecule is C=C1N[C@H](CC(C)C)C(=C)/C1=C\[C@@H]1C(/C(C)=C/C)C=CC2C[C@H](C)C[C@H](C)C21. The van der Waals surface area contributed by atoms with Crippen molar-refractivity contribution in [2.75, 3.05) is 0 Å². The third-order valence-electron chi connectivity index (χ3n) is 7.51. The van der Waals surface area contributed by atoms with Gasteiger partial charge >= 0.3 is 0 Å². The minimum absolute atomic E-state index is 0.346. The second kappa shape index (κ2) is 8.47.